The van der Waals surface area contributed by atoms with Crippen molar-refractivity contribution in [3.63, 3.8) is 0 Å². The quantitative estimate of drug-likeness (QED) is 0.697. The number of carbonyl (C=O) groups is 1. The number of carbonyl (C=O) groups excluding carboxylic acids is 1. The first-order valence-electron chi connectivity index (χ1n) is 7.57. The van der Waals surface area contributed by atoms with Gasteiger partial charge in [-0.2, -0.15) is 13.2 Å². The molecule has 0 N–H and O–H groups in total. The molecule has 0 saturated carbocycles. The molecule has 8 heteroatoms. The van der Waals surface area contributed by atoms with Crippen LogP contribution in [0.5, 0.6) is 0 Å². The minimum absolute atomic E-state index is 0.222. The highest BCUT2D eigenvalue weighted by molar-refractivity contribution is 7.10. The summed E-state index contributed by atoms with van der Waals surface area (Å²) in [6, 6.07) is 8.24. The number of alkyl halides is 3. The summed E-state index contributed by atoms with van der Waals surface area (Å²) in [7, 11) is 1.59. The number of aryl methyl sites for hydroxylation is 1. The number of amides is 1. The third kappa shape index (κ3) is 3.53. The maximum Gasteiger partial charge on any atom is 0.449 e. The van der Waals surface area contributed by atoms with Crippen LogP contribution in [0, 0.1) is 6.92 Å². The molecule has 0 bridgehead atoms. The van der Waals surface area contributed by atoms with Gasteiger partial charge in [-0.1, -0.05) is 12.1 Å². The van der Waals surface area contributed by atoms with Gasteiger partial charge in [0.05, 0.1) is 17.6 Å². The van der Waals surface area contributed by atoms with E-state index in [1.54, 1.807) is 19.2 Å². The monoisotopic (exact) mass is 367 g/mol. The van der Waals surface area contributed by atoms with Gasteiger partial charge in [-0.15, -0.1) is 11.3 Å². The Morgan fingerprint density at radius 2 is 2.00 bits per heavy atom. The minimum atomic E-state index is -4.62. The summed E-state index contributed by atoms with van der Waals surface area (Å²) < 4.78 is 40.8. The number of halogens is 3. The average Bonchev–Trinajstić information content (AvgIpc) is 3.11. The van der Waals surface area contributed by atoms with Gasteiger partial charge >= 0.3 is 6.18 Å². The van der Waals surface area contributed by atoms with Crippen molar-refractivity contribution in [2.75, 3.05) is 7.05 Å². The molecule has 1 aromatic carbocycles. The zero-order valence-corrected chi connectivity index (χ0v) is 14.5. The van der Waals surface area contributed by atoms with Gasteiger partial charge < -0.3 is 9.47 Å². The predicted octanol–water partition coefficient (Wildman–Crippen LogP) is 4.08. The van der Waals surface area contributed by atoms with Crippen molar-refractivity contribution in [2.45, 2.75) is 26.2 Å². The van der Waals surface area contributed by atoms with Gasteiger partial charge in [0.1, 0.15) is 6.54 Å². The van der Waals surface area contributed by atoms with Crippen LogP contribution in [0.25, 0.3) is 11.0 Å². The molecular formula is C17H16F3N3OS. The second kappa shape index (κ2) is 6.51. The van der Waals surface area contributed by atoms with E-state index in [1.807, 2.05) is 18.4 Å². The van der Waals surface area contributed by atoms with Gasteiger partial charge in [0.2, 0.25) is 11.7 Å². The largest absolute Gasteiger partial charge is 0.449 e. The Bertz CT molecular complexity index is 913. The molecule has 0 aliphatic heterocycles. The summed E-state index contributed by atoms with van der Waals surface area (Å²) in [5.41, 5.74) is 1.58. The number of hydrogen-bond acceptors (Lipinski definition) is 3. The molecule has 25 heavy (non-hydrogen) atoms. The predicted molar refractivity (Wildman–Crippen MR) is 90.3 cm³/mol. The molecule has 3 aromatic rings. The molecule has 2 aromatic heterocycles. The van der Waals surface area contributed by atoms with Crippen LogP contribution in [-0.2, 0) is 24.1 Å². The molecule has 0 fully saturated rings. The van der Waals surface area contributed by atoms with Gasteiger partial charge in [0.15, 0.2) is 0 Å². The van der Waals surface area contributed by atoms with E-state index in [9.17, 15) is 18.0 Å². The second-order valence-corrected chi connectivity index (χ2v) is 6.79. The van der Waals surface area contributed by atoms with Crippen LogP contribution in [-0.4, -0.2) is 27.4 Å². The van der Waals surface area contributed by atoms with Gasteiger partial charge in [-0.25, -0.2) is 4.98 Å². The van der Waals surface area contributed by atoms with Gasteiger partial charge in [-0.3, -0.25) is 4.79 Å². The normalized spacial score (nSPS) is 11.9. The Morgan fingerprint density at radius 3 is 2.64 bits per heavy atom. The number of aromatic nitrogens is 2. The Labute approximate surface area is 146 Å². The first kappa shape index (κ1) is 17.5. The molecule has 2 heterocycles. The Morgan fingerprint density at radius 1 is 1.28 bits per heavy atom. The lowest BCUT2D eigenvalue weighted by Gasteiger charge is -2.19. The van der Waals surface area contributed by atoms with Crippen LogP contribution >= 0.6 is 11.3 Å². The zero-order chi connectivity index (χ0) is 18.2. The van der Waals surface area contributed by atoms with Crippen LogP contribution < -0.4 is 0 Å². The highest BCUT2D eigenvalue weighted by Crippen LogP contribution is 2.31. The first-order chi connectivity index (χ1) is 11.8. The Kier molecular flexibility index (Phi) is 4.55. The van der Waals surface area contributed by atoms with Crippen LogP contribution in [0.1, 0.15) is 16.3 Å². The van der Waals surface area contributed by atoms with Crippen LogP contribution in [0.3, 0.4) is 0 Å². The van der Waals surface area contributed by atoms with E-state index in [-0.39, 0.29) is 5.52 Å². The van der Waals surface area contributed by atoms with Crippen LogP contribution in [0.4, 0.5) is 13.2 Å². The molecular weight excluding hydrogens is 351 g/mol. The molecule has 0 aliphatic rings. The summed E-state index contributed by atoms with van der Waals surface area (Å²) in [5.74, 6) is -1.45. The second-order valence-electron chi connectivity index (χ2n) is 5.78. The van der Waals surface area contributed by atoms with Crippen molar-refractivity contribution < 1.29 is 18.0 Å². The van der Waals surface area contributed by atoms with Crippen molar-refractivity contribution >= 4 is 28.3 Å². The molecule has 0 unspecified atom stereocenters. The summed E-state index contributed by atoms with van der Waals surface area (Å²) in [5, 5.41) is 1.92. The van der Waals surface area contributed by atoms with Crippen molar-refractivity contribution in [1.29, 1.82) is 0 Å². The van der Waals surface area contributed by atoms with E-state index < -0.39 is 24.5 Å². The molecule has 0 spiro atoms. The fraction of sp³-hybridized carbons (Fsp3) is 0.294. The van der Waals surface area contributed by atoms with Crippen LogP contribution in [0.15, 0.2) is 35.7 Å². The fourth-order valence-corrected chi connectivity index (χ4v) is 3.54. The number of benzene rings is 1. The molecule has 3 rings (SSSR count). The number of nitrogens with zero attached hydrogens (tertiary/aromatic N) is 3. The molecule has 0 aliphatic carbocycles. The number of rotatable bonds is 4. The molecule has 132 valence electrons. The van der Waals surface area contributed by atoms with E-state index in [0.29, 0.717) is 12.1 Å². The highest BCUT2D eigenvalue weighted by Gasteiger charge is 2.38. The summed E-state index contributed by atoms with van der Waals surface area (Å²) >= 11 is 1.52. The van der Waals surface area contributed by atoms with Gasteiger partial charge in [-0.05, 0) is 36.1 Å². The van der Waals surface area contributed by atoms with Crippen molar-refractivity contribution in [3.8, 4) is 0 Å². The van der Waals surface area contributed by atoms with E-state index in [1.165, 1.54) is 28.4 Å². The van der Waals surface area contributed by atoms with Gasteiger partial charge in [0.25, 0.3) is 0 Å². The molecule has 0 atom stereocenters. The minimum Gasteiger partial charge on any atom is -0.339 e. The van der Waals surface area contributed by atoms with E-state index >= 15 is 0 Å². The topological polar surface area (TPSA) is 38.1 Å². The Balaban J connectivity index is 1.89. The molecule has 0 saturated heterocycles. The number of fused-ring (bicyclic) bond motifs is 1. The third-order valence-electron chi connectivity index (χ3n) is 3.98. The van der Waals surface area contributed by atoms with Crippen LogP contribution in [0.2, 0.25) is 0 Å². The van der Waals surface area contributed by atoms with E-state index in [0.717, 1.165) is 15.0 Å². The standard InChI is InChI=1S/C17H16F3N3OS/c1-11-7-8-25-14(11)9-22(2)15(24)10-23-13-6-4-3-5-12(13)21-16(23)17(18,19)20/h3-8H,9-10H2,1-2H3. The summed E-state index contributed by atoms with van der Waals surface area (Å²) in [4.78, 5) is 18.6. The number of likely N-dealkylation sites (N-methyl/N-ethyl adjacent to an activating group) is 1. The van der Waals surface area contributed by atoms with E-state index in [2.05, 4.69) is 4.98 Å². The lowest BCUT2D eigenvalue weighted by Crippen LogP contribution is -2.31. The number of hydrogen-bond donors (Lipinski definition) is 0. The fourth-order valence-electron chi connectivity index (χ4n) is 2.58. The third-order valence-corrected chi connectivity index (χ3v) is 4.98. The van der Waals surface area contributed by atoms with Gasteiger partial charge in [0, 0.05) is 11.9 Å². The summed E-state index contributed by atoms with van der Waals surface area (Å²) in [6.07, 6.45) is -4.62. The SMILES string of the molecule is Cc1ccsc1CN(C)C(=O)Cn1c(C(F)(F)F)nc2ccccc21. The lowest BCUT2D eigenvalue weighted by atomic mass is 10.3. The van der Waals surface area contributed by atoms with Crippen molar-refractivity contribution in [3.05, 3.63) is 52.0 Å². The number of para-hydroxylation sites is 2. The van der Waals surface area contributed by atoms with Crippen molar-refractivity contribution in [1.82, 2.24) is 14.5 Å². The highest BCUT2D eigenvalue weighted by atomic mass is 32.1. The molecule has 4 nitrogen and oxygen atoms in total. The smallest absolute Gasteiger partial charge is 0.339 e. The summed E-state index contributed by atoms with van der Waals surface area (Å²) in [6.45, 7) is 1.90. The maximum atomic E-state index is 13.3. The first-order valence-corrected chi connectivity index (χ1v) is 8.44. The Hall–Kier alpha value is -2.35. The average molecular weight is 367 g/mol. The zero-order valence-electron chi connectivity index (χ0n) is 13.7. The van der Waals surface area contributed by atoms with E-state index in [4.69, 9.17) is 0 Å². The molecule has 0 radical (unpaired) electrons. The molecule has 1 amide bonds. The maximum absolute atomic E-state index is 13.3. The number of thiophene rings is 1. The lowest BCUT2D eigenvalue weighted by molar-refractivity contribution is -0.148. The van der Waals surface area contributed by atoms with Crippen molar-refractivity contribution in [2.24, 2.45) is 0 Å². The number of imidazole rings is 1.